The van der Waals surface area contributed by atoms with Crippen molar-refractivity contribution in [1.82, 2.24) is 4.98 Å². The van der Waals surface area contributed by atoms with Crippen LogP contribution in [0.2, 0.25) is 19.6 Å². The van der Waals surface area contributed by atoms with Gasteiger partial charge in [-0.15, -0.1) is 11.3 Å². The van der Waals surface area contributed by atoms with Crippen LogP contribution in [0.15, 0.2) is 121 Å². The first-order chi connectivity index (χ1) is 17.9. The van der Waals surface area contributed by atoms with Gasteiger partial charge < -0.3 is 0 Å². The Morgan fingerprint density at radius 2 is 0.973 bits per heavy atom. The van der Waals surface area contributed by atoms with Gasteiger partial charge in [0.2, 0.25) is 0 Å². The van der Waals surface area contributed by atoms with Crippen LogP contribution >= 0.6 is 11.3 Å². The highest BCUT2D eigenvalue weighted by Crippen LogP contribution is 2.33. The van der Waals surface area contributed by atoms with Gasteiger partial charge in [-0.25, -0.2) is 4.98 Å². The SMILES string of the molecule is C[Si](C)(C)c1ccc(-c2ccc(-c3cccc(-c4ccc(-c5nc6ccccc6s5)cc4)c3)cc2)cc1. The third-order valence-corrected chi connectivity index (χ3v) is 10.1. The Morgan fingerprint density at radius 3 is 1.51 bits per heavy atom. The fourth-order valence-electron chi connectivity index (χ4n) is 4.70. The van der Waals surface area contributed by atoms with Crippen LogP contribution in [-0.2, 0) is 0 Å². The normalized spacial score (nSPS) is 11.6. The molecule has 0 saturated carbocycles. The van der Waals surface area contributed by atoms with Gasteiger partial charge in [0.15, 0.2) is 0 Å². The molecule has 0 spiro atoms. The molecule has 0 aliphatic rings. The van der Waals surface area contributed by atoms with Crippen molar-refractivity contribution in [2.24, 2.45) is 0 Å². The number of hydrogen-bond donors (Lipinski definition) is 0. The summed E-state index contributed by atoms with van der Waals surface area (Å²) in [6.45, 7) is 7.17. The Kier molecular flexibility index (Phi) is 6.11. The minimum atomic E-state index is -1.27. The van der Waals surface area contributed by atoms with E-state index in [0.29, 0.717) is 0 Å². The van der Waals surface area contributed by atoms with Gasteiger partial charge in [-0.05, 0) is 51.6 Å². The largest absolute Gasteiger partial charge is 0.236 e. The molecule has 1 heterocycles. The van der Waals surface area contributed by atoms with Crippen molar-refractivity contribution in [3.63, 3.8) is 0 Å². The molecule has 3 heteroatoms. The van der Waals surface area contributed by atoms with E-state index in [1.807, 2.05) is 6.07 Å². The van der Waals surface area contributed by atoms with Gasteiger partial charge in [0.05, 0.1) is 18.3 Å². The number of benzene rings is 5. The Hall–Kier alpha value is -3.79. The smallest absolute Gasteiger partial charge is 0.124 e. The van der Waals surface area contributed by atoms with Gasteiger partial charge in [-0.3, -0.25) is 0 Å². The summed E-state index contributed by atoms with van der Waals surface area (Å²) in [4.78, 5) is 4.80. The molecule has 1 nitrogen and oxygen atoms in total. The minimum Gasteiger partial charge on any atom is -0.236 e. The molecule has 0 radical (unpaired) electrons. The minimum absolute atomic E-state index is 1.06. The molecule has 0 bridgehead atoms. The van der Waals surface area contributed by atoms with Crippen molar-refractivity contribution >= 4 is 34.8 Å². The zero-order chi connectivity index (χ0) is 25.4. The number of aromatic nitrogens is 1. The van der Waals surface area contributed by atoms with E-state index < -0.39 is 8.07 Å². The number of fused-ring (bicyclic) bond motifs is 1. The molecular weight excluding hydrogens is 483 g/mol. The Balaban J connectivity index is 1.23. The molecule has 6 aromatic rings. The lowest BCUT2D eigenvalue weighted by atomic mass is 9.97. The van der Waals surface area contributed by atoms with E-state index in [9.17, 15) is 0 Å². The molecule has 0 saturated heterocycles. The summed E-state index contributed by atoms with van der Waals surface area (Å²) >= 11 is 1.74. The molecule has 0 aliphatic carbocycles. The first kappa shape index (κ1) is 23.6. The molecular formula is C34H29NSSi. The van der Waals surface area contributed by atoms with Crippen molar-refractivity contribution in [3.05, 3.63) is 121 Å². The number of thiazole rings is 1. The van der Waals surface area contributed by atoms with Gasteiger partial charge in [0, 0.05) is 5.56 Å². The summed E-state index contributed by atoms with van der Waals surface area (Å²) in [6, 6.07) is 44.0. The Labute approximate surface area is 224 Å². The third-order valence-electron chi connectivity index (χ3n) is 6.92. The van der Waals surface area contributed by atoms with E-state index >= 15 is 0 Å². The third kappa shape index (κ3) is 4.93. The van der Waals surface area contributed by atoms with E-state index in [1.54, 1.807) is 11.3 Å². The second kappa shape index (κ2) is 9.58. The van der Waals surface area contributed by atoms with Gasteiger partial charge in [-0.1, -0.05) is 128 Å². The highest BCUT2D eigenvalue weighted by molar-refractivity contribution is 7.21. The first-order valence-corrected chi connectivity index (χ1v) is 17.0. The van der Waals surface area contributed by atoms with Gasteiger partial charge >= 0.3 is 0 Å². The molecule has 37 heavy (non-hydrogen) atoms. The first-order valence-electron chi connectivity index (χ1n) is 12.7. The van der Waals surface area contributed by atoms with Crippen LogP contribution in [0.4, 0.5) is 0 Å². The fourth-order valence-corrected chi connectivity index (χ4v) is 6.83. The maximum Gasteiger partial charge on any atom is 0.124 e. The van der Waals surface area contributed by atoms with Crippen LogP contribution in [0, 0.1) is 0 Å². The van der Waals surface area contributed by atoms with Crippen LogP contribution in [0.25, 0.3) is 54.2 Å². The molecule has 6 rings (SSSR count). The lowest BCUT2D eigenvalue weighted by Crippen LogP contribution is -2.37. The quantitative estimate of drug-likeness (QED) is 0.210. The van der Waals surface area contributed by atoms with Crippen LogP contribution in [0.3, 0.4) is 0 Å². The average molecular weight is 512 g/mol. The molecule has 180 valence electrons. The molecule has 0 amide bonds. The van der Waals surface area contributed by atoms with Crippen LogP contribution in [-0.4, -0.2) is 13.1 Å². The summed E-state index contributed by atoms with van der Waals surface area (Å²) in [5.74, 6) is 0. The van der Waals surface area contributed by atoms with E-state index in [-0.39, 0.29) is 0 Å². The van der Waals surface area contributed by atoms with Crippen molar-refractivity contribution in [2.75, 3.05) is 0 Å². The lowest BCUT2D eigenvalue weighted by molar-refractivity contribution is 1.47. The van der Waals surface area contributed by atoms with Crippen LogP contribution in [0.5, 0.6) is 0 Å². The van der Waals surface area contributed by atoms with Crippen molar-refractivity contribution in [3.8, 4) is 44.0 Å². The van der Waals surface area contributed by atoms with Gasteiger partial charge in [0.1, 0.15) is 5.01 Å². The number of para-hydroxylation sites is 1. The maximum atomic E-state index is 4.80. The molecule has 0 N–H and O–H groups in total. The zero-order valence-corrected chi connectivity index (χ0v) is 23.2. The molecule has 0 atom stereocenters. The van der Waals surface area contributed by atoms with Crippen molar-refractivity contribution < 1.29 is 0 Å². The number of hydrogen-bond acceptors (Lipinski definition) is 2. The highest BCUT2D eigenvalue weighted by atomic mass is 32.1. The molecule has 1 aromatic heterocycles. The van der Waals surface area contributed by atoms with E-state index in [1.165, 1.54) is 43.3 Å². The maximum absolute atomic E-state index is 4.80. The monoisotopic (exact) mass is 511 g/mol. The topological polar surface area (TPSA) is 12.9 Å². The van der Waals surface area contributed by atoms with Crippen LogP contribution < -0.4 is 5.19 Å². The molecule has 0 unspecified atom stereocenters. The molecule has 5 aromatic carbocycles. The second-order valence-corrected chi connectivity index (χ2v) is 16.7. The number of rotatable bonds is 5. The predicted molar refractivity (Wildman–Crippen MR) is 164 cm³/mol. The summed E-state index contributed by atoms with van der Waals surface area (Å²) in [7, 11) is -1.27. The van der Waals surface area contributed by atoms with Crippen LogP contribution in [0.1, 0.15) is 0 Å². The lowest BCUT2D eigenvalue weighted by Gasteiger charge is -2.16. The van der Waals surface area contributed by atoms with Crippen molar-refractivity contribution in [1.29, 1.82) is 0 Å². The predicted octanol–water partition coefficient (Wildman–Crippen LogP) is 9.51. The summed E-state index contributed by atoms with van der Waals surface area (Å²) in [5, 5.41) is 2.56. The average Bonchev–Trinajstić information content (AvgIpc) is 3.37. The molecule has 0 fully saturated rings. The summed E-state index contributed by atoms with van der Waals surface area (Å²) < 4.78 is 1.23. The zero-order valence-electron chi connectivity index (χ0n) is 21.4. The van der Waals surface area contributed by atoms with E-state index in [2.05, 4.69) is 135 Å². The standard InChI is InChI=1S/C34H29NSSi/c1-37(2,3)31-21-19-25(20-22-31)24-11-13-26(14-12-24)29-7-6-8-30(23-29)27-15-17-28(18-16-27)34-35-32-9-4-5-10-33(32)36-34/h4-23H,1-3H3. The van der Waals surface area contributed by atoms with E-state index in [0.717, 1.165) is 16.1 Å². The highest BCUT2D eigenvalue weighted by Gasteiger charge is 2.15. The Morgan fingerprint density at radius 1 is 0.486 bits per heavy atom. The Bertz CT molecular complexity index is 1640. The number of nitrogens with zero attached hydrogens (tertiary/aromatic N) is 1. The van der Waals surface area contributed by atoms with Gasteiger partial charge in [0.25, 0.3) is 0 Å². The van der Waals surface area contributed by atoms with Gasteiger partial charge in [-0.2, -0.15) is 0 Å². The second-order valence-electron chi connectivity index (χ2n) is 10.5. The molecule has 0 aliphatic heterocycles. The summed E-state index contributed by atoms with van der Waals surface area (Å²) in [5.41, 5.74) is 9.65. The summed E-state index contributed by atoms with van der Waals surface area (Å²) in [6.07, 6.45) is 0. The fraction of sp³-hybridized carbons (Fsp3) is 0.0882. The van der Waals surface area contributed by atoms with Crippen molar-refractivity contribution in [2.45, 2.75) is 19.6 Å². The van der Waals surface area contributed by atoms with E-state index in [4.69, 9.17) is 4.98 Å².